The molecule has 5 rings (SSSR count). The van der Waals surface area contributed by atoms with Crippen LogP contribution in [0, 0.1) is 0 Å². The van der Waals surface area contributed by atoms with Crippen molar-refractivity contribution in [3.05, 3.63) is 77.8 Å². The zero-order valence-electron chi connectivity index (χ0n) is 22.2. The molecule has 200 valence electrons. The average molecular weight is 529 g/mol. The first-order chi connectivity index (χ1) is 19.0. The van der Waals surface area contributed by atoms with Crippen molar-refractivity contribution < 1.29 is 23.7 Å². The Morgan fingerprint density at radius 1 is 0.923 bits per heavy atom. The van der Waals surface area contributed by atoms with Gasteiger partial charge in [-0.25, -0.2) is 4.68 Å². The van der Waals surface area contributed by atoms with Crippen molar-refractivity contribution >= 4 is 17.5 Å². The molecule has 0 bridgehead atoms. The fourth-order valence-corrected chi connectivity index (χ4v) is 4.57. The average Bonchev–Trinajstić information content (AvgIpc) is 3.39. The van der Waals surface area contributed by atoms with E-state index in [4.69, 9.17) is 29.0 Å². The highest BCUT2D eigenvalue weighted by molar-refractivity contribution is 6.06. The molecule has 2 aromatic heterocycles. The normalized spacial score (nSPS) is 14.2. The second-order valence-electron chi connectivity index (χ2n) is 8.62. The van der Waals surface area contributed by atoms with Crippen LogP contribution in [-0.2, 0) is 4.79 Å². The Morgan fingerprint density at radius 2 is 1.59 bits per heavy atom. The zero-order valence-corrected chi connectivity index (χ0v) is 22.2. The molecule has 2 N–H and O–H groups in total. The maximum atomic E-state index is 13.8. The molecule has 1 atom stereocenters. The third-order valence-electron chi connectivity index (χ3n) is 6.40. The second kappa shape index (κ2) is 10.7. The number of methoxy groups -OCH3 is 4. The summed E-state index contributed by atoms with van der Waals surface area (Å²) in [6.45, 7) is 1.84. The summed E-state index contributed by atoms with van der Waals surface area (Å²) in [5.74, 6) is 2.56. The van der Waals surface area contributed by atoms with Crippen molar-refractivity contribution in [3.63, 3.8) is 0 Å². The number of benzene rings is 2. The number of hydrogen-bond donors (Lipinski definition) is 2. The van der Waals surface area contributed by atoms with Crippen LogP contribution in [0.15, 0.2) is 72.2 Å². The molecular weight excluding hydrogens is 500 g/mol. The van der Waals surface area contributed by atoms with Gasteiger partial charge in [0.2, 0.25) is 11.7 Å². The summed E-state index contributed by atoms with van der Waals surface area (Å²) < 4.78 is 23.6. The van der Waals surface area contributed by atoms with Crippen LogP contribution >= 0.6 is 0 Å². The molecule has 1 unspecified atom stereocenters. The largest absolute Gasteiger partial charge is 0.495 e. The van der Waals surface area contributed by atoms with E-state index in [1.54, 1.807) is 69.8 Å². The minimum absolute atomic E-state index is 0.304. The van der Waals surface area contributed by atoms with Crippen LogP contribution in [0.25, 0.3) is 11.4 Å². The van der Waals surface area contributed by atoms with Crippen molar-refractivity contribution in [1.82, 2.24) is 19.7 Å². The molecule has 3 heterocycles. The molecule has 1 aliphatic heterocycles. The minimum Gasteiger partial charge on any atom is -0.495 e. The highest BCUT2D eigenvalue weighted by atomic mass is 16.5. The molecule has 0 fully saturated rings. The monoisotopic (exact) mass is 528 g/mol. The summed E-state index contributed by atoms with van der Waals surface area (Å²) in [5.41, 5.74) is 3.14. The maximum Gasteiger partial charge on any atom is 0.255 e. The molecule has 39 heavy (non-hydrogen) atoms. The van der Waals surface area contributed by atoms with Crippen molar-refractivity contribution in [2.75, 3.05) is 39.1 Å². The molecule has 11 heteroatoms. The van der Waals surface area contributed by atoms with E-state index >= 15 is 0 Å². The van der Waals surface area contributed by atoms with E-state index in [0.29, 0.717) is 57.3 Å². The van der Waals surface area contributed by atoms with Gasteiger partial charge in [0.15, 0.2) is 17.3 Å². The lowest BCUT2D eigenvalue weighted by molar-refractivity contribution is -0.113. The molecule has 0 saturated heterocycles. The zero-order chi connectivity index (χ0) is 27.5. The number of pyridine rings is 1. The summed E-state index contributed by atoms with van der Waals surface area (Å²) in [4.78, 5) is 22.7. The Morgan fingerprint density at radius 3 is 2.23 bits per heavy atom. The van der Waals surface area contributed by atoms with Crippen LogP contribution in [0.3, 0.4) is 0 Å². The molecular formula is C28H28N6O5. The van der Waals surface area contributed by atoms with Crippen molar-refractivity contribution in [2.24, 2.45) is 0 Å². The first kappa shape index (κ1) is 25.6. The summed E-state index contributed by atoms with van der Waals surface area (Å²) >= 11 is 0. The Bertz CT molecular complexity index is 1520. The lowest BCUT2D eigenvalue weighted by atomic mass is 9.96. The molecule has 0 saturated carbocycles. The summed E-state index contributed by atoms with van der Waals surface area (Å²) in [6.07, 6.45) is 3.36. The van der Waals surface area contributed by atoms with Gasteiger partial charge in [-0.3, -0.25) is 9.78 Å². The number of fused-ring (bicyclic) bond motifs is 1. The van der Waals surface area contributed by atoms with Crippen LogP contribution in [-0.4, -0.2) is 54.1 Å². The third kappa shape index (κ3) is 4.70. The Labute approximate surface area is 225 Å². The van der Waals surface area contributed by atoms with Crippen LogP contribution in [0.1, 0.15) is 18.5 Å². The Balaban J connectivity index is 1.60. The number of rotatable bonds is 8. The smallest absolute Gasteiger partial charge is 0.255 e. The van der Waals surface area contributed by atoms with Gasteiger partial charge < -0.3 is 29.6 Å². The van der Waals surface area contributed by atoms with E-state index in [2.05, 4.69) is 15.6 Å². The fourth-order valence-electron chi connectivity index (χ4n) is 4.57. The highest BCUT2D eigenvalue weighted by Crippen LogP contribution is 2.42. The van der Waals surface area contributed by atoms with Crippen molar-refractivity contribution in [2.45, 2.75) is 13.0 Å². The van der Waals surface area contributed by atoms with E-state index in [9.17, 15) is 4.79 Å². The topological polar surface area (TPSA) is 122 Å². The Hall–Kier alpha value is -5.06. The molecule has 2 aromatic carbocycles. The number of aromatic nitrogens is 4. The van der Waals surface area contributed by atoms with Gasteiger partial charge in [0.1, 0.15) is 11.8 Å². The molecule has 11 nitrogen and oxygen atoms in total. The summed E-state index contributed by atoms with van der Waals surface area (Å²) in [5, 5.41) is 11.1. The van der Waals surface area contributed by atoms with Gasteiger partial charge >= 0.3 is 0 Å². The number of carbonyl (C=O) groups excluding carboxylic acids is 1. The van der Waals surface area contributed by atoms with Crippen molar-refractivity contribution in [3.8, 4) is 34.4 Å². The molecule has 1 aliphatic rings. The number of para-hydroxylation sites is 2. The minimum atomic E-state index is -0.581. The predicted molar refractivity (Wildman–Crippen MR) is 145 cm³/mol. The molecule has 0 radical (unpaired) electrons. The van der Waals surface area contributed by atoms with E-state index < -0.39 is 6.04 Å². The van der Waals surface area contributed by atoms with E-state index in [-0.39, 0.29) is 5.91 Å². The molecule has 0 aliphatic carbocycles. The van der Waals surface area contributed by atoms with Gasteiger partial charge in [0, 0.05) is 23.7 Å². The summed E-state index contributed by atoms with van der Waals surface area (Å²) in [7, 11) is 6.20. The maximum absolute atomic E-state index is 13.8. The van der Waals surface area contributed by atoms with Crippen molar-refractivity contribution in [1.29, 1.82) is 0 Å². The van der Waals surface area contributed by atoms with Gasteiger partial charge in [-0.1, -0.05) is 12.1 Å². The van der Waals surface area contributed by atoms with E-state index in [1.165, 1.54) is 0 Å². The van der Waals surface area contributed by atoms with Gasteiger partial charge in [-0.15, -0.1) is 5.10 Å². The number of amides is 1. The van der Waals surface area contributed by atoms with E-state index in [1.807, 2.05) is 31.2 Å². The predicted octanol–water partition coefficient (Wildman–Crippen LogP) is 4.30. The number of nitrogens with one attached hydrogen (secondary N) is 2. The van der Waals surface area contributed by atoms with Crippen LogP contribution in [0.2, 0.25) is 0 Å². The lowest BCUT2D eigenvalue weighted by Gasteiger charge is -2.28. The number of allylic oxidation sites excluding steroid dienone is 1. The number of carbonyl (C=O) groups is 1. The fraction of sp³-hybridized carbons (Fsp3) is 0.214. The lowest BCUT2D eigenvalue weighted by Crippen LogP contribution is -2.31. The number of ether oxygens (including phenoxy) is 4. The van der Waals surface area contributed by atoms with Crippen LogP contribution < -0.4 is 29.6 Å². The SMILES string of the molecule is COc1ccccc1NC(=O)C1=C(C)Nc2nc(-c3cc(OC)c(OC)c(OC)c3)nn2C1c1ccncc1. The van der Waals surface area contributed by atoms with Gasteiger partial charge in [-0.05, 0) is 48.9 Å². The Kier molecular flexibility index (Phi) is 7.04. The summed E-state index contributed by atoms with van der Waals surface area (Å²) in [6, 6.07) is 13.9. The van der Waals surface area contributed by atoms with Gasteiger partial charge in [0.05, 0.1) is 39.7 Å². The molecule has 0 spiro atoms. The van der Waals surface area contributed by atoms with Crippen LogP contribution in [0.5, 0.6) is 23.0 Å². The first-order valence-electron chi connectivity index (χ1n) is 12.1. The molecule has 4 aromatic rings. The number of hydrogen-bond acceptors (Lipinski definition) is 9. The second-order valence-corrected chi connectivity index (χ2v) is 8.62. The number of nitrogens with zero attached hydrogens (tertiary/aromatic N) is 4. The van der Waals surface area contributed by atoms with Gasteiger partial charge in [-0.2, -0.15) is 4.98 Å². The quantitative estimate of drug-likeness (QED) is 0.345. The van der Waals surface area contributed by atoms with Gasteiger partial charge in [0.25, 0.3) is 5.91 Å². The van der Waals surface area contributed by atoms with Crippen LogP contribution in [0.4, 0.5) is 11.6 Å². The first-order valence-corrected chi connectivity index (χ1v) is 12.1. The number of anilines is 2. The standard InChI is InChI=1S/C28H28N6O5/c1-16-23(27(35)31-19-8-6-7-9-20(19)36-2)24(17-10-12-29-13-11-17)34-28(30-16)32-26(33-34)18-14-21(37-3)25(39-5)22(15-18)38-4/h6-15,24H,1-5H3,(H,31,35)(H,30,32,33). The van der Waals surface area contributed by atoms with E-state index in [0.717, 1.165) is 5.56 Å². The highest BCUT2D eigenvalue weighted by Gasteiger charge is 2.35. The molecule has 1 amide bonds. The third-order valence-corrected chi connectivity index (χ3v) is 6.40.